The van der Waals surface area contributed by atoms with E-state index >= 15 is 0 Å². The van der Waals surface area contributed by atoms with E-state index in [2.05, 4.69) is 103 Å². The monoisotopic (exact) mass is 352 g/mol. The van der Waals surface area contributed by atoms with E-state index in [4.69, 9.17) is 4.74 Å². The minimum atomic E-state index is 0.00550. The van der Waals surface area contributed by atoms with Gasteiger partial charge < -0.3 is 4.74 Å². The molecule has 2 fully saturated rings. The topological polar surface area (TPSA) is 9.23 Å². The molecule has 3 aromatic carbocycles. The van der Waals surface area contributed by atoms with Gasteiger partial charge in [0.25, 0.3) is 0 Å². The van der Waals surface area contributed by atoms with Gasteiger partial charge in [0.05, 0.1) is 12.7 Å². The molecule has 0 amide bonds. The molecular formula is C26H24O. The number of ether oxygens (including phenoxy) is 1. The summed E-state index contributed by atoms with van der Waals surface area (Å²) in [6, 6.07) is 32.3. The van der Waals surface area contributed by atoms with E-state index in [1.165, 1.54) is 23.1 Å². The Bertz CT molecular complexity index is 932. The van der Waals surface area contributed by atoms with Crippen molar-refractivity contribution in [1.29, 1.82) is 0 Å². The Balaban J connectivity index is 1.62. The van der Waals surface area contributed by atoms with Gasteiger partial charge in [0.15, 0.2) is 0 Å². The molecule has 0 bridgehead atoms. The van der Waals surface area contributed by atoms with Crippen molar-refractivity contribution in [2.45, 2.75) is 24.4 Å². The smallest absolute Gasteiger partial charge is 0.0925 e. The highest BCUT2D eigenvalue weighted by Crippen LogP contribution is 2.69. The highest BCUT2D eigenvalue weighted by Gasteiger charge is 2.66. The third-order valence-corrected chi connectivity index (χ3v) is 6.62. The molecule has 1 saturated carbocycles. The van der Waals surface area contributed by atoms with Gasteiger partial charge in [-0.15, -0.1) is 0 Å². The minimum Gasteiger partial charge on any atom is -0.372 e. The Labute approximate surface area is 161 Å². The molecule has 0 unspecified atom stereocenters. The van der Waals surface area contributed by atoms with Crippen molar-refractivity contribution in [3.8, 4) is 0 Å². The van der Waals surface area contributed by atoms with Crippen LogP contribution in [0.3, 0.4) is 0 Å². The molecule has 134 valence electrons. The van der Waals surface area contributed by atoms with Crippen LogP contribution in [0.25, 0.3) is 6.08 Å². The molecule has 1 aliphatic carbocycles. The first-order valence-electron chi connectivity index (χ1n) is 9.81. The number of hydrogen-bond acceptors (Lipinski definition) is 1. The molecule has 1 heteroatoms. The fourth-order valence-corrected chi connectivity index (χ4v) is 5.09. The highest BCUT2D eigenvalue weighted by molar-refractivity contribution is 5.54. The second kappa shape index (κ2) is 6.51. The first-order chi connectivity index (χ1) is 13.3. The Morgan fingerprint density at radius 1 is 0.741 bits per heavy atom. The molecular weight excluding hydrogens is 328 g/mol. The molecule has 1 aliphatic heterocycles. The number of hydrogen-bond donors (Lipinski definition) is 0. The van der Waals surface area contributed by atoms with Crippen LogP contribution < -0.4 is 0 Å². The summed E-state index contributed by atoms with van der Waals surface area (Å²) in [7, 11) is 0. The van der Waals surface area contributed by atoms with Crippen molar-refractivity contribution >= 4 is 6.08 Å². The minimum absolute atomic E-state index is 0.00550. The van der Waals surface area contributed by atoms with Crippen molar-refractivity contribution < 1.29 is 4.74 Å². The number of rotatable bonds is 4. The van der Waals surface area contributed by atoms with E-state index in [0.717, 1.165) is 13.0 Å². The predicted octanol–water partition coefficient (Wildman–Crippen LogP) is 6.19. The number of benzene rings is 3. The fraction of sp³-hybridized carbons (Fsp3) is 0.231. The van der Waals surface area contributed by atoms with E-state index in [1.54, 1.807) is 0 Å². The van der Waals surface area contributed by atoms with Gasteiger partial charge in [-0.3, -0.25) is 0 Å². The molecule has 1 nitrogen and oxygen atoms in total. The fourth-order valence-electron chi connectivity index (χ4n) is 5.09. The zero-order chi connectivity index (χ0) is 18.2. The summed E-state index contributed by atoms with van der Waals surface area (Å²) in [6.07, 6.45) is 7.18. The molecule has 27 heavy (non-hydrogen) atoms. The lowest BCUT2D eigenvalue weighted by molar-refractivity contribution is 0.0333. The summed E-state index contributed by atoms with van der Waals surface area (Å²) in [5.74, 6) is 0. The standard InChI is InChI=1S/C26H24O/c1-4-10-21(11-5-1)16-17-25-18-19-26(25,23-14-8-3-9-15-23)20-27-24(25)22-12-6-2-7-13-22/h1-17,24H,18-20H2/b17-16+/t24-,25+,26-/m1/s1. The second-order valence-electron chi connectivity index (χ2n) is 7.83. The van der Waals surface area contributed by atoms with Gasteiger partial charge in [0.1, 0.15) is 0 Å². The van der Waals surface area contributed by atoms with Gasteiger partial charge in [0.2, 0.25) is 0 Å². The quantitative estimate of drug-likeness (QED) is 0.544. The molecule has 0 radical (unpaired) electrons. The van der Waals surface area contributed by atoms with Crippen LogP contribution in [0.15, 0.2) is 97.1 Å². The van der Waals surface area contributed by atoms with Crippen molar-refractivity contribution in [2.75, 3.05) is 6.61 Å². The predicted molar refractivity (Wildman–Crippen MR) is 110 cm³/mol. The summed E-state index contributed by atoms with van der Waals surface area (Å²) in [4.78, 5) is 0. The zero-order valence-electron chi connectivity index (χ0n) is 15.4. The first kappa shape index (κ1) is 16.5. The lowest BCUT2D eigenvalue weighted by Crippen LogP contribution is -2.53. The zero-order valence-corrected chi connectivity index (χ0v) is 15.4. The second-order valence-corrected chi connectivity index (χ2v) is 7.83. The molecule has 2 aliphatic rings. The molecule has 1 heterocycles. The van der Waals surface area contributed by atoms with Crippen LogP contribution in [0.1, 0.15) is 35.6 Å². The van der Waals surface area contributed by atoms with Crippen LogP contribution >= 0.6 is 0 Å². The largest absolute Gasteiger partial charge is 0.372 e. The van der Waals surface area contributed by atoms with E-state index < -0.39 is 0 Å². The Kier molecular flexibility index (Phi) is 3.98. The van der Waals surface area contributed by atoms with Crippen molar-refractivity contribution in [3.63, 3.8) is 0 Å². The van der Waals surface area contributed by atoms with Gasteiger partial charge in [-0.05, 0) is 29.5 Å². The maximum absolute atomic E-state index is 6.52. The van der Waals surface area contributed by atoms with E-state index in [0.29, 0.717) is 0 Å². The first-order valence-corrected chi connectivity index (χ1v) is 9.81. The van der Waals surface area contributed by atoms with Crippen LogP contribution in [0.4, 0.5) is 0 Å². The third kappa shape index (κ3) is 2.49. The normalized spacial score (nSPS) is 29.4. The Morgan fingerprint density at radius 3 is 2.00 bits per heavy atom. The van der Waals surface area contributed by atoms with Crippen molar-refractivity contribution in [3.05, 3.63) is 114 Å². The summed E-state index contributed by atoms with van der Waals surface area (Å²) >= 11 is 0. The average Bonchev–Trinajstić information content (AvgIpc) is 2.96. The van der Waals surface area contributed by atoms with Gasteiger partial charge >= 0.3 is 0 Å². The van der Waals surface area contributed by atoms with Gasteiger partial charge in [-0.25, -0.2) is 0 Å². The van der Waals surface area contributed by atoms with Gasteiger partial charge in [-0.1, -0.05) is 103 Å². The van der Waals surface area contributed by atoms with Crippen LogP contribution in [0, 0.1) is 5.41 Å². The van der Waals surface area contributed by atoms with Crippen molar-refractivity contribution in [1.82, 2.24) is 0 Å². The molecule has 5 rings (SSSR count). The SMILES string of the molecule is C(=C\[C@@]12CC[C@]1(c1ccccc1)CO[C@@H]2c1ccccc1)/c1ccccc1. The van der Waals surface area contributed by atoms with E-state index in [1.807, 2.05) is 0 Å². The summed E-state index contributed by atoms with van der Waals surface area (Å²) in [6.45, 7) is 0.787. The molecule has 3 atom stereocenters. The van der Waals surface area contributed by atoms with Crippen LogP contribution in [-0.2, 0) is 10.2 Å². The summed E-state index contributed by atoms with van der Waals surface area (Å²) in [5.41, 5.74) is 4.02. The van der Waals surface area contributed by atoms with Crippen LogP contribution in [0.5, 0.6) is 0 Å². The Morgan fingerprint density at radius 2 is 1.37 bits per heavy atom. The lowest BCUT2D eigenvalue weighted by Gasteiger charge is -2.55. The van der Waals surface area contributed by atoms with Gasteiger partial charge in [-0.2, -0.15) is 0 Å². The molecule has 0 spiro atoms. The van der Waals surface area contributed by atoms with E-state index in [-0.39, 0.29) is 16.9 Å². The highest BCUT2D eigenvalue weighted by atomic mass is 16.5. The molecule has 1 saturated heterocycles. The van der Waals surface area contributed by atoms with Crippen LogP contribution in [-0.4, -0.2) is 6.61 Å². The number of fused-ring (bicyclic) bond motifs is 1. The summed E-state index contributed by atoms with van der Waals surface area (Å²) < 4.78 is 6.52. The Hall–Kier alpha value is -2.64. The maximum atomic E-state index is 6.52. The van der Waals surface area contributed by atoms with Crippen LogP contribution in [0.2, 0.25) is 0 Å². The van der Waals surface area contributed by atoms with E-state index in [9.17, 15) is 0 Å². The molecule has 0 N–H and O–H groups in total. The molecule has 0 aromatic heterocycles. The van der Waals surface area contributed by atoms with Gasteiger partial charge in [0, 0.05) is 10.8 Å². The average molecular weight is 352 g/mol. The third-order valence-electron chi connectivity index (χ3n) is 6.62. The maximum Gasteiger partial charge on any atom is 0.0925 e. The summed E-state index contributed by atoms with van der Waals surface area (Å²) in [5, 5.41) is 0. The van der Waals surface area contributed by atoms with Crippen molar-refractivity contribution in [2.24, 2.45) is 5.41 Å². The lowest BCUT2D eigenvalue weighted by atomic mass is 9.46. The molecule has 3 aromatic rings.